The van der Waals surface area contributed by atoms with Gasteiger partial charge in [-0.25, -0.2) is 9.97 Å². The van der Waals surface area contributed by atoms with Crippen LogP contribution in [0, 0.1) is 6.92 Å². The standard InChI is InChI=1S/C12H20ClN3/c1-6-16(7-2)12-9(5)10(13)14-11(15-12)8(3)4/h8H,6-7H2,1-5H3. The second kappa shape index (κ2) is 5.48. The Labute approximate surface area is 103 Å². The fraction of sp³-hybridized carbons (Fsp3) is 0.667. The van der Waals surface area contributed by atoms with Crippen LogP contribution in [0.2, 0.25) is 5.15 Å². The molecule has 0 atom stereocenters. The summed E-state index contributed by atoms with van der Waals surface area (Å²) >= 11 is 6.14. The smallest absolute Gasteiger partial charge is 0.137 e. The average Bonchev–Trinajstić information content (AvgIpc) is 2.25. The predicted molar refractivity (Wildman–Crippen MR) is 69.4 cm³/mol. The molecule has 0 radical (unpaired) electrons. The number of anilines is 1. The van der Waals surface area contributed by atoms with E-state index in [9.17, 15) is 0 Å². The molecule has 0 bridgehead atoms. The fourth-order valence-corrected chi connectivity index (χ4v) is 1.75. The molecule has 0 aliphatic carbocycles. The summed E-state index contributed by atoms with van der Waals surface area (Å²) in [7, 11) is 0. The third-order valence-corrected chi connectivity index (χ3v) is 3.03. The largest absolute Gasteiger partial charge is 0.357 e. The minimum absolute atomic E-state index is 0.299. The Morgan fingerprint density at radius 2 is 1.75 bits per heavy atom. The van der Waals surface area contributed by atoms with Gasteiger partial charge in [0.2, 0.25) is 0 Å². The Bertz CT molecular complexity index is 360. The first-order chi connectivity index (χ1) is 7.51. The number of hydrogen-bond donors (Lipinski definition) is 0. The van der Waals surface area contributed by atoms with E-state index in [1.54, 1.807) is 0 Å². The average molecular weight is 242 g/mol. The van der Waals surface area contributed by atoms with Gasteiger partial charge in [-0.1, -0.05) is 25.4 Å². The van der Waals surface area contributed by atoms with Gasteiger partial charge < -0.3 is 4.90 Å². The molecule has 0 aliphatic rings. The molecular formula is C12H20ClN3. The highest BCUT2D eigenvalue weighted by Gasteiger charge is 2.15. The zero-order valence-corrected chi connectivity index (χ0v) is 11.5. The fourth-order valence-electron chi connectivity index (χ4n) is 1.58. The number of halogens is 1. The maximum absolute atomic E-state index is 6.14. The maximum Gasteiger partial charge on any atom is 0.137 e. The lowest BCUT2D eigenvalue weighted by molar-refractivity contribution is 0.751. The van der Waals surface area contributed by atoms with Crippen LogP contribution in [0.15, 0.2) is 0 Å². The summed E-state index contributed by atoms with van der Waals surface area (Å²) in [6.07, 6.45) is 0. The summed E-state index contributed by atoms with van der Waals surface area (Å²) in [4.78, 5) is 11.1. The Balaban J connectivity index is 3.25. The molecular weight excluding hydrogens is 222 g/mol. The number of nitrogens with zero attached hydrogens (tertiary/aromatic N) is 3. The van der Waals surface area contributed by atoms with Crippen LogP contribution in [0.3, 0.4) is 0 Å². The number of rotatable bonds is 4. The van der Waals surface area contributed by atoms with Crippen LogP contribution in [-0.4, -0.2) is 23.1 Å². The van der Waals surface area contributed by atoms with Gasteiger partial charge in [0.15, 0.2) is 0 Å². The van der Waals surface area contributed by atoms with E-state index in [0.717, 1.165) is 30.3 Å². The summed E-state index contributed by atoms with van der Waals surface area (Å²) in [6.45, 7) is 12.2. The maximum atomic E-state index is 6.14. The van der Waals surface area contributed by atoms with Crippen molar-refractivity contribution in [3.63, 3.8) is 0 Å². The van der Waals surface area contributed by atoms with Crippen LogP contribution in [0.5, 0.6) is 0 Å². The molecule has 0 saturated heterocycles. The van der Waals surface area contributed by atoms with Crippen LogP contribution in [0.4, 0.5) is 5.82 Å². The lowest BCUT2D eigenvalue weighted by Gasteiger charge is -2.23. The molecule has 0 aromatic carbocycles. The molecule has 90 valence electrons. The quantitative estimate of drug-likeness (QED) is 0.757. The predicted octanol–water partition coefficient (Wildman–Crippen LogP) is 3.41. The molecule has 4 heteroatoms. The molecule has 0 aliphatic heterocycles. The first-order valence-corrected chi connectivity index (χ1v) is 6.18. The van der Waals surface area contributed by atoms with E-state index in [1.165, 1.54) is 0 Å². The van der Waals surface area contributed by atoms with Gasteiger partial charge in [0.1, 0.15) is 16.8 Å². The van der Waals surface area contributed by atoms with Crippen molar-refractivity contribution in [2.24, 2.45) is 0 Å². The third kappa shape index (κ3) is 2.64. The van der Waals surface area contributed by atoms with Gasteiger partial charge in [-0.05, 0) is 20.8 Å². The van der Waals surface area contributed by atoms with Crippen molar-refractivity contribution in [1.82, 2.24) is 9.97 Å². The SMILES string of the molecule is CCN(CC)c1nc(C(C)C)nc(Cl)c1C. The summed E-state index contributed by atoms with van der Waals surface area (Å²) < 4.78 is 0. The van der Waals surface area contributed by atoms with E-state index in [4.69, 9.17) is 11.6 Å². The third-order valence-electron chi connectivity index (χ3n) is 2.66. The van der Waals surface area contributed by atoms with E-state index in [2.05, 4.69) is 42.6 Å². The van der Waals surface area contributed by atoms with E-state index in [-0.39, 0.29) is 0 Å². The Hall–Kier alpha value is -0.830. The number of hydrogen-bond acceptors (Lipinski definition) is 3. The molecule has 3 nitrogen and oxygen atoms in total. The second-order valence-electron chi connectivity index (χ2n) is 4.15. The van der Waals surface area contributed by atoms with Gasteiger partial charge in [0.25, 0.3) is 0 Å². The van der Waals surface area contributed by atoms with Gasteiger partial charge in [0, 0.05) is 24.6 Å². The lowest BCUT2D eigenvalue weighted by Crippen LogP contribution is -2.25. The molecule has 1 aromatic rings. The van der Waals surface area contributed by atoms with Crippen LogP contribution < -0.4 is 4.90 Å². The van der Waals surface area contributed by atoms with E-state index in [0.29, 0.717) is 11.1 Å². The van der Waals surface area contributed by atoms with Gasteiger partial charge in [-0.2, -0.15) is 0 Å². The van der Waals surface area contributed by atoms with Gasteiger partial charge >= 0.3 is 0 Å². The molecule has 0 N–H and O–H groups in total. The molecule has 1 rings (SSSR count). The molecule has 0 saturated carbocycles. The van der Waals surface area contributed by atoms with Crippen molar-refractivity contribution in [3.8, 4) is 0 Å². The van der Waals surface area contributed by atoms with Crippen LogP contribution in [0.25, 0.3) is 0 Å². The molecule has 0 unspecified atom stereocenters. The molecule has 0 spiro atoms. The minimum Gasteiger partial charge on any atom is -0.357 e. The molecule has 0 fully saturated rings. The zero-order valence-electron chi connectivity index (χ0n) is 10.7. The Morgan fingerprint density at radius 3 is 2.19 bits per heavy atom. The van der Waals surface area contributed by atoms with Crippen LogP contribution in [0.1, 0.15) is 45.0 Å². The van der Waals surface area contributed by atoms with Crippen molar-refractivity contribution in [1.29, 1.82) is 0 Å². The van der Waals surface area contributed by atoms with Crippen molar-refractivity contribution < 1.29 is 0 Å². The number of aromatic nitrogens is 2. The first kappa shape index (κ1) is 13.2. The van der Waals surface area contributed by atoms with Crippen molar-refractivity contribution >= 4 is 17.4 Å². The summed E-state index contributed by atoms with van der Waals surface area (Å²) in [5.41, 5.74) is 0.967. The van der Waals surface area contributed by atoms with Crippen LogP contribution >= 0.6 is 11.6 Å². The van der Waals surface area contributed by atoms with Gasteiger partial charge in [0.05, 0.1) is 0 Å². The van der Waals surface area contributed by atoms with Crippen molar-refractivity contribution in [3.05, 3.63) is 16.5 Å². The van der Waals surface area contributed by atoms with Gasteiger partial charge in [-0.3, -0.25) is 0 Å². The van der Waals surface area contributed by atoms with E-state index < -0.39 is 0 Å². The summed E-state index contributed by atoms with van der Waals surface area (Å²) in [5, 5.41) is 0.570. The zero-order chi connectivity index (χ0) is 12.3. The molecule has 0 amide bonds. The van der Waals surface area contributed by atoms with Crippen LogP contribution in [-0.2, 0) is 0 Å². The monoisotopic (exact) mass is 241 g/mol. The highest BCUT2D eigenvalue weighted by atomic mass is 35.5. The first-order valence-electron chi connectivity index (χ1n) is 5.80. The minimum atomic E-state index is 0.299. The van der Waals surface area contributed by atoms with Crippen molar-refractivity contribution in [2.75, 3.05) is 18.0 Å². The van der Waals surface area contributed by atoms with Gasteiger partial charge in [-0.15, -0.1) is 0 Å². The normalized spacial score (nSPS) is 10.9. The molecule has 1 aromatic heterocycles. The molecule has 1 heterocycles. The summed E-state index contributed by atoms with van der Waals surface area (Å²) in [5.74, 6) is 2.08. The summed E-state index contributed by atoms with van der Waals surface area (Å²) in [6, 6.07) is 0. The van der Waals surface area contributed by atoms with Crippen molar-refractivity contribution in [2.45, 2.75) is 40.5 Å². The molecule has 16 heavy (non-hydrogen) atoms. The van der Waals surface area contributed by atoms with E-state index >= 15 is 0 Å². The Morgan fingerprint density at radius 1 is 1.19 bits per heavy atom. The Kier molecular flexibility index (Phi) is 4.54. The lowest BCUT2D eigenvalue weighted by atomic mass is 10.2. The van der Waals surface area contributed by atoms with E-state index in [1.807, 2.05) is 6.92 Å². The highest BCUT2D eigenvalue weighted by Crippen LogP contribution is 2.25. The highest BCUT2D eigenvalue weighted by molar-refractivity contribution is 6.30. The second-order valence-corrected chi connectivity index (χ2v) is 4.51. The topological polar surface area (TPSA) is 29.0 Å².